The molecule has 24 heavy (non-hydrogen) atoms. The van der Waals surface area contributed by atoms with Crippen LogP contribution in [0.4, 0.5) is 0 Å². The summed E-state index contributed by atoms with van der Waals surface area (Å²) in [7, 11) is 3.61. The van der Waals surface area contributed by atoms with E-state index in [0.29, 0.717) is 6.54 Å². The van der Waals surface area contributed by atoms with Gasteiger partial charge in [0.05, 0.1) is 24.0 Å². The molecule has 0 amide bonds. The molecule has 2 aromatic rings. The molecule has 5 heteroatoms. The van der Waals surface area contributed by atoms with Crippen LogP contribution in [0.3, 0.4) is 0 Å². The fraction of sp³-hybridized carbons (Fsp3) is 0.526. The summed E-state index contributed by atoms with van der Waals surface area (Å²) in [5.74, 6) is 0.823. The highest BCUT2D eigenvalue weighted by atomic mass is 16.5. The number of β-amino-alcohol motifs (C(OH)–C–C–N with tert-alkyl or cyclic N) is 1. The van der Waals surface area contributed by atoms with Crippen LogP contribution in [0.2, 0.25) is 0 Å². The lowest BCUT2D eigenvalue weighted by Crippen LogP contribution is -2.38. The van der Waals surface area contributed by atoms with Gasteiger partial charge in [-0.2, -0.15) is 5.10 Å². The molecule has 1 N–H and O–H groups in total. The predicted octanol–water partition coefficient (Wildman–Crippen LogP) is 2.78. The SMILES string of the molecule is COc1c([C@H]2CCCN2C[C@@](C)(O)c2ccccc2)c(C)nn1C. The third kappa shape index (κ3) is 3.06. The van der Waals surface area contributed by atoms with Gasteiger partial charge in [-0.15, -0.1) is 0 Å². The Morgan fingerprint density at radius 1 is 1.33 bits per heavy atom. The number of nitrogens with zero attached hydrogens (tertiary/aromatic N) is 3. The van der Waals surface area contributed by atoms with E-state index >= 15 is 0 Å². The van der Waals surface area contributed by atoms with Crippen LogP contribution in [0.5, 0.6) is 5.88 Å². The molecule has 1 aromatic carbocycles. The number of hydrogen-bond donors (Lipinski definition) is 1. The van der Waals surface area contributed by atoms with Gasteiger partial charge in [0.15, 0.2) is 0 Å². The minimum atomic E-state index is -0.882. The molecule has 1 aromatic heterocycles. The second kappa shape index (κ2) is 6.57. The van der Waals surface area contributed by atoms with Crippen molar-refractivity contribution in [1.29, 1.82) is 0 Å². The molecule has 1 aliphatic rings. The van der Waals surface area contributed by atoms with E-state index in [2.05, 4.69) is 10.00 Å². The zero-order chi connectivity index (χ0) is 17.3. The number of aromatic nitrogens is 2. The predicted molar refractivity (Wildman–Crippen MR) is 94.1 cm³/mol. The molecule has 130 valence electrons. The van der Waals surface area contributed by atoms with E-state index in [-0.39, 0.29) is 6.04 Å². The molecule has 0 radical (unpaired) electrons. The Bertz CT molecular complexity index is 694. The molecule has 2 atom stereocenters. The maximum atomic E-state index is 11.0. The van der Waals surface area contributed by atoms with Gasteiger partial charge in [0.2, 0.25) is 5.88 Å². The van der Waals surface area contributed by atoms with Gasteiger partial charge in [0.1, 0.15) is 0 Å². The van der Waals surface area contributed by atoms with Gasteiger partial charge in [-0.3, -0.25) is 4.90 Å². The van der Waals surface area contributed by atoms with E-state index in [9.17, 15) is 5.11 Å². The number of aliphatic hydroxyl groups is 1. The van der Waals surface area contributed by atoms with Crippen molar-refractivity contribution in [1.82, 2.24) is 14.7 Å². The summed E-state index contributed by atoms with van der Waals surface area (Å²) in [6.45, 7) is 5.50. The van der Waals surface area contributed by atoms with E-state index in [1.807, 2.05) is 51.2 Å². The van der Waals surface area contributed by atoms with Gasteiger partial charge in [-0.05, 0) is 38.8 Å². The zero-order valence-corrected chi connectivity index (χ0v) is 15.0. The van der Waals surface area contributed by atoms with Crippen molar-refractivity contribution in [2.24, 2.45) is 7.05 Å². The van der Waals surface area contributed by atoms with Crippen LogP contribution in [-0.2, 0) is 12.6 Å². The lowest BCUT2D eigenvalue weighted by atomic mass is 9.94. The summed E-state index contributed by atoms with van der Waals surface area (Å²) in [5, 5.41) is 15.5. The molecule has 0 bridgehead atoms. The average Bonchev–Trinajstić information content (AvgIpc) is 3.10. The van der Waals surface area contributed by atoms with E-state index in [0.717, 1.165) is 42.1 Å². The van der Waals surface area contributed by atoms with Gasteiger partial charge in [0, 0.05) is 19.6 Å². The molecule has 5 nitrogen and oxygen atoms in total. The van der Waals surface area contributed by atoms with E-state index in [1.54, 1.807) is 11.8 Å². The highest BCUT2D eigenvalue weighted by molar-refractivity contribution is 5.35. The summed E-state index contributed by atoms with van der Waals surface area (Å²) < 4.78 is 7.39. The average molecular weight is 329 g/mol. The van der Waals surface area contributed by atoms with Crippen molar-refractivity contribution in [2.45, 2.75) is 38.3 Å². The summed E-state index contributed by atoms with van der Waals surface area (Å²) in [6, 6.07) is 10.1. The second-order valence-electron chi connectivity index (χ2n) is 6.90. The number of likely N-dealkylation sites (tertiary alicyclic amines) is 1. The molecule has 1 fully saturated rings. The van der Waals surface area contributed by atoms with Crippen molar-refractivity contribution >= 4 is 0 Å². The third-order valence-electron chi connectivity index (χ3n) is 5.01. The first-order valence-electron chi connectivity index (χ1n) is 8.53. The van der Waals surface area contributed by atoms with Crippen LogP contribution in [0.1, 0.15) is 42.6 Å². The number of methoxy groups -OCH3 is 1. The van der Waals surface area contributed by atoms with Crippen LogP contribution in [0, 0.1) is 6.92 Å². The van der Waals surface area contributed by atoms with Crippen molar-refractivity contribution in [3.05, 3.63) is 47.2 Å². The first-order chi connectivity index (χ1) is 11.4. The first-order valence-corrected chi connectivity index (χ1v) is 8.53. The van der Waals surface area contributed by atoms with Crippen molar-refractivity contribution in [3.8, 4) is 5.88 Å². The maximum Gasteiger partial charge on any atom is 0.216 e. The molecule has 1 saturated heterocycles. The van der Waals surface area contributed by atoms with E-state index < -0.39 is 5.60 Å². The molecular weight excluding hydrogens is 302 g/mol. The minimum Gasteiger partial charge on any atom is -0.481 e. The monoisotopic (exact) mass is 329 g/mol. The Morgan fingerprint density at radius 3 is 2.71 bits per heavy atom. The summed E-state index contributed by atoms with van der Waals surface area (Å²) in [5.41, 5.74) is 2.23. The number of ether oxygens (including phenoxy) is 1. The number of aryl methyl sites for hydroxylation is 2. The quantitative estimate of drug-likeness (QED) is 0.916. The number of benzene rings is 1. The Balaban J connectivity index is 1.87. The van der Waals surface area contributed by atoms with Gasteiger partial charge >= 0.3 is 0 Å². The summed E-state index contributed by atoms with van der Waals surface area (Å²) in [6.07, 6.45) is 2.18. The fourth-order valence-electron chi connectivity index (χ4n) is 3.91. The maximum absolute atomic E-state index is 11.0. The lowest BCUT2D eigenvalue weighted by molar-refractivity contribution is 0.0113. The van der Waals surface area contributed by atoms with Crippen molar-refractivity contribution in [2.75, 3.05) is 20.2 Å². The third-order valence-corrected chi connectivity index (χ3v) is 5.01. The molecule has 1 aliphatic heterocycles. The largest absolute Gasteiger partial charge is 0.481 e. The molecule has 3 rings (SSSR count). The van der Waals surface area contributed by atoms with Gasteiger partial charge in [0.25, 0.3) is 0 Å². The highest BCUT2D eigenvalue weighted by Gasteiger charge is 2.36. The molecule has 0 saturated carbocycles. The van der Waals surface area contributed by atoms with Crippen molar-refractivity contribution in [3.63, 3.8) is 0 Å². The lowest BCUT2D eigenvalue weighted by Gasteiger charge is -2.33. The van der Waals surface area contributed by atoms with Gasteiger partial charge in [-0.1, -0.05) is 30.3 Å². The number of rotatable bonds is 5. The molecular formula is C19H27N3O2. The minimum absolute atomic E-state index is 0.240. The Kier molecular flexibility index (Phi) is 4.65. The Labute approximate surface area is 143 Å². The van der Waals surface area contributed by atoms with Crippen LogP contribution < -0.4 is 4.74 Å². The standard InChI is InChI=1S/C19H27N3O2/c1-14-17(18(24-4)21(3)20-14)16-11-8-12-22(16)13-19(2,23)15-9-6-5-7-10-15/h5-7,9-10,16,23H,8,11-13H2,1-4H3/t16-,19-/m1/s1. The molecule has 0 spiro atoms. The molecule has 0 unspecified atom stereocenters. The second-order valence-corrected chi connectivity index (χ2v) is 6.90. The zero-order valence-electron chi connectivity index (χ0n) is 15.0. The van der Waals surface area contributed by atoms with E-state index in [1.165, 1.54) is 0 Å². The normalized spacial score (nSPS) is 21.0. The topological polar surface area (TPSA) is 50.5 Å². The first kappa shape index (κ1) is 17.0. The van der Waals surface area contributed by atoms with Crippen molar-refractivity contribution < 1.29 is 9.84 Å². The summed E-state index contributed by atoms with van der Waals surface area (Å²) >= 11 is 0. The number of hydrogen-bond acceptors (Lipinski definition) is 4. The van der Waals surface area contributed by atoms with Gasteiger partial charge < -0.3 is 9.84 Å². The van der Waals surface area contributed by atoms with Crippen LogP contribution in [0.15, 0.2) is 30.3 Å². The smallest absolute Gasteiger partial charge is 0.216 e. The Morgan fingerprint density at radius 2 is 2.04 bits per heavy atom. The van der Waals surface area contributed by atoms with Crippen LogP contribution >= 0.6 is 0 Å². The van der Waals surface area contributed by atoms with Gasteiger partial charge in [-0.25, -0.2) is 4.68 Å². The fourth-order valence-corrected chi connectivity index (χ4v) is 3.91. The molecule has 0 aliphatic carbocycles. The molecule has 2 heterocycles. The van der Waals surface area contributed by atoms with Crippen LogP contribution in [-0.4, -0.2) is 40.0 Å². The summed E-state index contributed by atoms with van der Waals surface area (Å²) in [4.78, 5) is 2.36. The highest BCUT2D eigenvalue weighted by Crippen LogP contribution is 2.40. The van der Waals surface area contributed by atoms with Crippen LogP contribution in [0.25, 0.3) is 0 Å². The Hall–Kier alpha value is -1.85. The van der Waals surface area contributed by atoms with E-state index in [4.69, 9.17) is 4.74 Å².